The van der Waals surface area contributed by atoms with Crippen LogP contribution < -0.4 is 0 Å². The summed E-state index contributed by atoms with van der Waals surface area (Å²) >= 11 is 3.39. The van der Waals surface area contributed by atoms with Crippen LogP contribution in [0, 0.1) is 0 Å². The van der Waals surface area contributed by atoms with E-state index in [1.807, 2.05) is 24.3 Å². The van der Waals surface area contributed by atoms with E-state index in [9.17, 15) is 4.79 Å². The van der Waals surface area contributed by atoms with Crippen LogP contribution in [-0.2, 0) is 6.42 Å². The van der Waals surface area contributed by atoms with Crippen molar-refractivity contribution in [3.8, 4) is 0 Å². The van der Waals surface area contributed by atoms with Crippen molar-refractivity contribution in [2.24, 2.45) is 0 Å². The maximum atomic E-state index is 10.6. The maximum absolute atomic E-state index is 10.6. The summed E-state index contributed by atoms with van der Waals surface area (Å²) in [4.78, 5) is 10.6. The van der Waals surface area contributed by atoms with E-state index in [0.717, 1.165) is 16.3 Å². The predicted molar refractivity (Wildman–Crippen MR) is 58.8 cm³/mol. The molecule has 0 saturated heterocycles. The Morgan fingerprint density at radius 3 is 3.07 bits per heavy atom. The number of hydrogen-bond donors (Lipinski definition) is 0. The third-order valence-electron chi connectivity index (χ3n) is 2.06. The predicted octanol–water partition coefficient (Wildman–Crippen LogP) is 2.84. The SMILES string of the molecule is O=Cc1cnoc1Cc1cccc(Br)c1. The average Bonchev–Trinajstić information content (AvgIpc) is 2.65. The Morgan fingerprint density at radius 2 is 2.33 bits per heavy atom. The van der Waals surface area contributed by atoms with Crippen LogP contribution in [0.4, 0.5) is 0 Å². The van der Waals surface area contributed by atoms with Crippen molar-refractivity contribution in [3.05, 3.63) is 51.8 Å². The molecule has 0 aliphatic carbocycles. The van der Waals surface area contributed by atoms with Crippen molar-refractivity contribution in [3.63, 3.8) is 0 Å². The summed E-state index contributed by atoms with van der Waals surface area (Å²) in [5, 5.41) is 3.59. The van der Waals surface area contributed by atoms with E-state index in [-0.39, 0.29) is 0 Å². The molecule has 0 amide bonds. The Morgan fingerprint density at radius 1 is 1.47 bits per heavy atom. The van der Waals surface area contributed by atoms with E-state index in [0.29, 0.717) is 17.7 Å². The molecule has 3 nitrogen and oxygen atoms in total. The van der Waals surface area contributed by atoms with Crippen molar-refractivity contribution in [2.45, 2.75) is 6.42 Å². The Kier molecular flexibility index (Phi) is 2.97. The fourth-order valence-corrected chi connectivity index (χ4v) is 1.78. The molecule has 0 spiro atoms. The normalized spacial score (nSPS) is 10.2. The van der Waals surface area contributed by atoms with E-state index < -0.39 is 0 Å². The smallest absolute Gasteiger partial charge is 0.155 e. The molecule has 1 aromatic heterocycles. The van der Waals surface area contributed by atoms with Gasteiger partial charge in [-0.25, -0.2) is 0 Å². The summed E-state index contributed by atoms with van der Waals surface area (Å²) < 4.78 is 6.01. The van der Waals surface area contributed by atoms with Crippen molar-refractivity contribution in [2.75, 3.05) is 0 Å². The first-order valence-electron chi connectivity index (χ1n) is 4.43. The highest BCUT2D eigenvalue weighted by molar-refractivity contribution is 9.10. The zero-order valence-electron chi connectivity index (χ0n) is 7.81. The van der Waals surface area contributed by atoms with Gasteiger partial charge in [-0.3, -0.25) is 4.79 Å². The van der Waals surface area contributed by atoms with Crippen LogP contribution >= 0.6 is 15.9 Å². The monoisotopic (exact) mass is 265 g/mol. The Hall–Kier alpha value is -1.42. The Labute approximate surface area is 95.2 Å². The van der Waals surface area contributed by atoms with E-state index in [1.54, 1.807) is 0 Å². The van der Waals surface area contributed by atoms with Crippen molar-refractivity contribution in [1.29, 1.82) is 0 Å². The number of carbonyl (C=O) groups is 1. The van der Waals surface area contributed by atoms with Gasteiger partial charge in [-0.2, -0.15) is 0 Å². The summed E-state index contributed by atoms with van der Waals surface area (Å²) in [7, 11) is 0. The topological polar surface area (TPSA) is 43.1 Å². The lowest BCUT2D eigenvalue weighted by Crippen LogP contribution is -1.90. The van der Waals surface area contributed by atoms with Crippen LogP contribution in [0.25, 0.3) is 0 Å². The second kappa shape index (κ2) is 4.40. The van der Waals surface area contributed by atoms with Gasteiger partial charge < -0.3 is 4.52 Å². The molecule has 0 unspecified atom stereocenters. The van der Waals surface area contributed by atoms with Crippen LogP contribution in [-0.4, -0.2) is 11.4 Å². The lowest BCUT2D eigenvalue weighted by atomic mass is 10.1. The second-order valence-corrected chi connectivity index (χ2v) is 4.04. The number of nitrogens with zero attached hydrogens (tertiary/aromatic N) is 1. The molecule has 0 fully saturated rings. The molecule has 0 aliphatic heterocycles. The molecule has 0 bridgehead atoms. The minimum atomic E-state index is 0.509. The van der Waals surface area contributed by atoms with Gasteiger partial charge in [-0.1, -0.05) is 33.2 Å². The summed E-state index contributed by atoms with van der Waals surface area (Å²) in [6.07, 6.45) is 2.76. The van der Waals surface area contributed by atoms with Crippen LogP contribution in [0.2, 0.25) is 0 Å². The zero-order valence-corrected chi connectivity index (χ0v) is 9.40. The van der Waals surface area contributed by atoms with E-state index >= 15 is 0 Å². The Bertz CT molecular complexity index is 479. The van der Waals surface area contributed by atoms with Gasteiger partial charge >= 0.3 is 0 Å². The molecule has 1 heterocycles. The fourth-order valence-electron chi connectivity index (χ4n) is 1.33. The van der Waals surface area contributed by atoms with Crippen LogP contribution in [0.1, 0.15) is 21.7 Å². The van der Waals surface area contributed by atoms with Crippen LogP contribution in [0.5, 0.6) is 0 Å². The first-order valence-corrected chi connectivity index (χ1v) is 5.22. The number of benzene rings is 1. The van der Waals surface area contributed by atoms with Gasteiger partial charge in [-0.05, 0) is 17.7 Å². The van der Waals surface area contributed by atoms with Gasteiger partial charge in [0.15, 0.2) is 12.0 Å². The molecular formula is C11H8BrNO2. The average molecular weight is 266 g/mol. The van der Waals surface area contributed by atoms with Gasteiger partial charge in [-0.15, -0.1) is 0 Å². The minimum Gasteiger partial charge on any atom is -0.360 e. The molecule has 2 aromatic rings. The van der Waals surface area contributed by atoms with E-state index in [2.05, 4.69) is 21.1 Å². The number of halogens is 1. The highest BCUT2D eigenvalue weighted by atomic mass is 79.9. The largest absolute Gasteiger partial charge is 0.360 e. The number of rotatable bonds is 3. The molecule has 76 valence electrons. The fraction of sp³-hybridized carbons (Fsp3) is 0.0909. The molecule has 0 N–H and O–H groups in total. The number of aromatic nitrogens is 1. The van der Waals surface area contributed by atoms with Crippen molar-refractivity contribution >= 4 is 22.2 Å². The minimum absolute atomic E-state index is 0.509. The standard InChI is InChI=1S/C11H8BrNO2/c12-10-3-1-2-8(4-10)5-11-9(7-14)6-13-15-11/h1-4,6-7H,5H2. The lowest BCUT2D eigenvalue weighted by Gasteiger charge is -1.98. The summed E-state index contributed by atoms with van der Waals surface area (Å²) in [6, 6.07) is 7.85. The second-order valence-electron chi connectivity index (χ2n) is 3.13. The number of carbonyl (C=O) groups excluding carboxylic acids is 1. The third kappa shape index (κ3) is 2.33. The molecule has 0 aliphatic rings. The molecule has 15 heavy (non-hydrogen) atoms. The van der Waals surface area contributed by atoms with E-state index in [4.69, 9.17) is 4.52 Å². The first-order chi connectivity index (χ1) is 7.29. The third-order valence-corrected chi connectivity index (χ3v) is 2.55. The maximum Gasteiger partial charge on any atom is 0.155 e. The van der Waals surface area contributed by atoms with Gasteiger partial charge in [0, 0.05) is 10.9 Å². The zero-order chi connectivity index (χ0) is 10.7. The summed E-state index contributed by atoms with van der Waals surface area (Å²) in [5.41, 5.74) is 1.58. The highest BCUT2D eigenvalue weighted by Crippen LogP contribution is 2.16. The van der Waals surface area contributed by atoms with E-state index in [1.165, 1.54) is 6.20 Å². The molecule has 2 rings (SSSR count). The lowest BCUT2D eigenvalue weighted by molar-refractivity contribution is 0.112. The summed E-state index contributed by atoms with van der Waals surface area (Å²) in [5.74, 6) is 0.600. The first kappa shape index (κ1) is 10.1. The van der Waals surface area contributed by atoms with Crippen LogP contribution in [0.15, 0.2) is 39.5 Å². The van der Waals surface area contributed by atoms with Gasteiger partial charge in [0.1, 0.15) is 0 Å². The molecule has 0 radical (unpaired) electrons. The quantitative estimate of drug-likeness (QED) is 0.802. The van der Waals surface area contributed by atoms with Crippen molar-refractivity contribution < 1.29 is 9.32 Å². The molecular weight excluding hydrogens is 258 g/mol. The number of aldehydes is 1. The Balaban J connectivity index is 2.25. The molecule has 4 heteroatoms. The summed E-state index contributed by atoms with van der Waals surface area (Å²) in [6.45, 7) is 0. The molecule has 0 atom stereocenters. The van der Waals surface area contributed by atoms with Gasteiger partial charge in [0.25, 0.3) is 0 Å². The molecule has 0 saturated carbocycles. The van der Waals surface area contributed by atoms with Gasteiger partial charge in [0.05, 0.1) is 11.8 Å². The number of hydrogen-bond acceptors (Lipinski definition) is 3. The van der Waals surface area contributed by atoms with Crippen LogP contribution in [0.3, 0.4) is 0 Å². The molecule has 1 aromatic carbocycles. The van der Waals surface area contributed by atoms with Crippen molar-refractivity contribution in [1.82, 2.24) is 5.16 Å². The highest BCUT2D eigenvalue weighted by Gasteiger charge is 2.07. The van der Waals surface area contributed by atoms with Gasteiger partial charge in [0.2, 0.25) is 0 Å².